The molecule has 1 aliphatic heterocycles. The molecule has 1 N–H and O–H groups in total. The number of aromatic amines is 1. The van der Waals surface area contributed by atoms with Gasteiger partial charge in [0.25, 0.3) is 0 Å². The van der Waals surface area contributed by atoms with Crippen LogP contribution >= 0.6 is 12.2 Å². The van der Waals surface area contributed by atoms with Crippen LogP contribution < -0.4 is 0 Å². The lowest BCUT2D eigenvalue weighted by atomic mass is 10.1. The smallest absolute Gasteiger partial charge is 0.195 e. The molecule has 3 rings (SSSR count). The predicted octanol–water partition coefficient (Wildman–Crippen LogP) is 2.64. The minimum absolute atomic E-state index is 0.539. The van der Waals surface area contributed by atoms with E-state index in [1.165, 1.54) is 0 Å². The first kappa shape index (κ1) is 11.6. The number of hydrogen-bond acceptors (Lipinski definition) is 3. The fraction of sp³-hybridized carbons (Fsp3) is 0.385. The number of benzene rings is 1. The van der Waals surface area contributed by atoms with Crippen molar-refractivity contribution in [3.8, 4) is 11.4 Å². The van der Waals surface area contributed by atoms with Crippen LogP contribution in [0.3, 0.4) is 0 Å². The maximum absolute atomic E-state index is 5.41. The fourth-order valence-electron chi connectivity index (χ4n) is 2.28. The van der Waals surface area contributed by atoms with E-state index >= 15 is 0 Å². The summed E-state index contributed by atoms with van der Waals surface area (Å²) in [7, 11) is 0. The van der Waals surface area contributed by atoms with E-state index in [-0.39, 0.29) is 0 Å². The third-order valence-electron chi connectivity index (χ3n) is 3.26. The van der Waals surface area contributed by atoms with Gasteiger partial charge in [-0.3, -0.25) is 9.67 Å². The summed E-state index contributed by atoms with van der Waals surface area (Å²) in [6, 6.07) is 10.1. The minimum Gasteiger partial charge on any atom is -0.381 e. The van der Waals surface area contributed by atoms with Gasteiger partial charge in [-0.2, -0.15) is 5.10 Å². The topological polar surface area (TPSA) is 42.8 Å². The van der Waals surface area contributed by atoms with E-state index in [9.17, 15) is 0 Å². The predicted molar refractivity (Wildman–Crippen MR) is 71.8 cm³/mol. The van der Waals surface area contributed by atoms with E-state index in [2.05, 4.69) is 14.8 Å². The van der Waals surface area contributed by atoms with Crippen LogP contribution in [0.15, 0.2) is 30.3 Å². The highest BCUT2D eigenvalue weighted by atomic mass is 32.1. The van der Waals surface area contributed by atoms with Gasteiger partial charge in [-0.05, 0) is 18.6 Å². The monoisotopic (exact) mass is 261 g/mol. The second-order valence-corrected chi connectivity index (χ2v) is 4.95. The van der Waals surface area contributed by atoms with E-state index < -0.39 is 0 Å². The second-order valence-electron chi connectivity index (χ2n) is 4.56. The van der Waals surface area contributed by atoms with Gasteiger partial charge in [0, 0.05) is 24.6 Å². The molecule has 1 unspecified atom stereocenters. The molecule has 4 nitrogen and oxygen atoms in total. The third kappa shape index (κ3) is 2.23. The number of nitrogens with one attached hydrogen (secondary N) is 1. The third-order valence-corrected chi connectivity index (χ3v) is 3.57. The Bertz CT molecular complexity index is 569. The molecular weight excluding hydrogens is 246 g/mol. The number of hydrogen-bond donors (Lipinski definition) is 1. The molecule has 0 saturated carbocycles. The number of rotatable bonds is 3. The zero-order valence-electron chi connectivity index (χ0n) is 10.0. The summed E-state index contributed by atoms with van der Waals surface area (Å²) < 4.78 is 8.17. The molecular formula is C13H15N3OS. The molecule has 0 amide bonds. The molecule has 18 heavy (non-hydrogen) atoms. The van der Waals surface area contributed by atoms with E-state index in [4.69, 9.17) is 17.0 Å². The Labute approximate surface area is 111 Å². The van der Waals surface area contributed by atoms with Crippen molar-refractivity contribution in [2.24, 2.45) is 5.92 Å². The van der Waals surface area contributed by atoms with Crippen LogP contribution in [0.2, 0.25) is 0 Å². The van der Waals surface area contributed by atoms with Crippen molar-refractivity contribution in [2.75, 3.05) is 13.2 Å². The van der Waals surface area contributed by atoms with Gasteiger partial charge in [0.2, 0.25) is 0 Å². The number of H-pyrrole nitrogens is 1. The van der Waals surface area contributed by atoms with Gasteiger partial charge in [0.05, 0.1) is 6.61 Å². The van der Waals surface area contributed by atoms with Gasteiger partial charge < -0.3 is 4.74 Å². The molecule has 2 aromatic rings. The molecule has 94 valence electrons. The molecule has 1 saturated heterocycles. The van der Waals surface area contributed by atoms with Crippen molar-refractivity contribution in [1.82, 2.24) is 14.8 Å². The molecule has 0 spiro atoms. The van der Waals surface area contributed by atoms with Crippen molar-refractivity contribution in [1.29, 1.82) is 0 Å². The lowest BCUT2D eigenvalue weighted by molar-refractivity contribution is 0.182. The highest BCUT2D eigenvalue weighted by molar-refractivity contribution is 7.71. The van der Waals surface area contributed by atoms with Crippen LogP contribution in [0.5, 0.6) is 0 Å². The summed E-state index contributed by atoms with van der Waals surface area (Å²) >= 11 is 5.31. The van der Waals surface area contributed by atoms with Crippen molar-refractivity contribution in [3.05, 3.63) is 35.1 Å². The lowest BCUT2D eigenvalue weighted by Crippen LogP contribution is -2.11. The van der Waals surface area contributed by atoms with Crippen LogP contribution in [0.4, 0.5) is 0 Å². The lowest BCUT2D eigenvalue weighted by Gasteiger charge is -2.10. The van der Waals surface area contributed by atoms with Gasteiger partial charge >= 0.3 is 0 Å². The average molecular weight is 261 g/mol. The summed E-state index contributed by atoms with van der Waals surface area (Å²) in [6.07, 6.45) is 1.10. The van der Waals surface area contributed by atoms with Crippen LogP contribution in [0.1, 0.15) is 6.42 Å². The van der Waals surface area contributed by atoms with Gasteiger partial charge in [0.1, 0.15) is 0 Å². The summed E-state index contributed by atoms with van der Waals surface area (Å²) in [5.41, 5.74) is 1.09. The Morgan fingerprint density at radius 2 is 2.22 bits per heavy atom. The standard InChI is InChI=1S/C13H15N3OS/c18-13-15-14-12(11-4-2-1-3-5-11)16(13)8-10-6-7-17-9-10/h1-5,10H,6-9H2,(H,15,18). The van der Waals surface area contributed by atoms with Crippen LogP contribution in [-0.2, 0) is 11.3 Å². The number of aromatic nitrogens is 3. The fourth-order valence-corrected chi connectivity index (χ4v) is 2.49. The number of ether oxygens (including phenoxy) is 1. The van der Waals surface area contributed by atoms with E-state index in [1.54, 1.807) is 0 Å². The SMILES string of the molecule is S=c1[nH]nc(-c2ccccc2)n1CC1CCOC1. The van der Waals surface area contributed by atoms with E-state index in [0.717, 1.165) is 37.6 Å². The van der Waals surface area contributed by atoms with Crippen molar-refractivity contribution < 1.29 is 4.74 Å². The molecule has 5 heteroatoms. The first-order valence-electron chi connectivity index (χ1n) is 6.13. The molecule has 1 fully saturated rings. The normalized spacial score (nSPS) is 19.2. The van der Waals surface area contributed by atoms with Crippen LogP contribution in [0, 0.1) is 10.7 Å². The van der Waals surface area contributed by atoms with E-state index in [0.29, 0.717) is 10.7 Å². The highest BCUT2D eigenvalue weighted by Crippen LogP contribution is 2.21. The number of nitrogens with zero attached hydrogens (tertiary/aromatic N) is 2. The first-order valence-corrected chi connectivity index (χ1v) is 6.54. The zero-order valence-corrected chi connectivity index (χ0v) is 10.8. The summed E-state index contributed by atoms with van der Waals surface area (Å²) in [6.45, 7) is 2.55. The molecule has 1 aromatic heterocycles. The van der Waals surface area contributed by atoms with Crippen LogP contribution in [-0.4, -0.2) is 28.0 Å². The Kier molecular flexibility index (Phi) is 3.25. The molecule has 1 aromatic carbocycles. The Morgan fingerprint density at radius 3 is 2.94 bits per heavy atom. The largest absolute Gasteiger partial charge is 0.381 e. The maximum Gasteiger partial charge on any atom is 0.195 e. The van der Waals surface area contributed by atoms with Crippen LogP contribution in [0.25, 0.3) is 11.4 Å². The summed E-state index contributed by atoms with van der Waals surface area (Å²) in [4.78, 5) is 0. The Balaban J connectivity index is 1.93. The summed E-state index contributed by atoms with van der Waals surface area (Å²) in [5, 5.41) is 7.22. The van der Waals surface area contributed by atoms with Gasteiger partial charge in [-0.25, -0.2) is 0 Å². The Morgan fingerprint density at radius 1 is 1.39 bits per heavy atom. The molecule has 2 heterocycles. The van der Waals surface area contributed by atoms with Gasteiger partial charge in [-0.15, -0.1) is 0 Å². The molecule has 1 atom stereocenters. The minimum atomic E-state index is 0.539. The summed E-state index contributed by atoms with van der Waals surface area (Å²) in [5.74, 6) is 1.45. The Hall–Kier alpha value is -1.46. The van der Waals surface area contributed by atoms with Crippen molar-refractivity contribution in [3.63, 3.8) is 0 Å². The first-order chi connectivity index (χ1) is 8.84. The van der Waals surface area contributed by atoms with E-state index in [1.807, 2.05) is 30.3 Å². The molecule has 1 aliphatic rings. The van der Waals surface area contributed by atoms with Crippen molar-refractivity contribution >= 4 is 12.2 Å². The van der Waals surface area contributed by atoms with Crippen molar-refractivity contribution in [2.45, 2.75) is 13.0 Å². The molecule has 0 aliphatic carbocycles. The quantitative estimate of drug-likeness (QED) is 0.864. The highest BCUT2D eigenvalue weighted by Gasteiger charge is 2.18. The van der Waals surface area contributed by atoms with Gasteiger partial charge in [-0.1, -0.05) is 30.3 Å². The second kappa shape index (κ2) is 5.04. The molecule has 0 bridgehead atoms. The molecule has 0 radical (unpaired) electrons. The maximum atomic E-state index is 5.41. The zero-order chi connectivity index (χ0) is 12.4. The average Bonchev–Trinajstić information content (AvgIpc) is 3.03. The van der Waals surface area contributed by atoms with Gasteiger partial charge in [0.15, 0.2) is 10.6 Å².